The highest BCUT2D eigenvalue weighted by Crippen LogP contribution is 2.24. The first-order chi connectivity index (χ1) is 8.56. The fourth-order valence-electron chi connectivity index (χ4n) is 1.63. The first-order valence-corrected chi connectivity index (χ1v) is 5.91. The molecule has 2 aromatic carbocycles. The number of benzene rings is 2. The molecule has 0 saturated carbocycles. The normalized spacial score (nSPS) is 10.4. The Morgan fingerprint density at radius 3 is 2.72 bits per heavy atom. The van der Waals surface area contributed by atoms with Crippen molar-refractivity contribution >= 4 is 17.3 Å². The summed E-state index contributed by atoms with van der Waals surface area (Å²) >= 11 is 5.80. The third-order valence-corrected chi connectivity index (χ3v) is 2.92. The molecule has 2 rings (SSSR count). The Balaban J connectivity index is 2.11. The van der Waals surface area contributed by atoms with E-state index >= 15 is 0 Å². The molecule has 2 nitrogen and oxygen atoms in total. The smallest absolute Gasteiger partial charge is 0.146 e. The molecule has 0 radical (unpaired) electrons. The van der Waals surface area contributed by atoms with Crippen LogP contribution in [0.4, 0.5) is 10.1 Å². The van der Waals surface area contributed by atoms with E-state index in [1.807, 2.05) is 6.92 Å². The van der Waals surface area contributed by atoms with Gasteiger partial charge in [-0.25, -0.2) is 4.39 Å². The Morgan fingerprint density at radius 1 is 1.22 bits per heavy atom. The molecular formula is C14H13ClFNO. The van der Waals surface area contributed by atoms with E-state index in [0.29, 0.717) is 17.3 Å². The number of rotatable bonds is 3. The van der Waals surface area contributed by atoms with E-state index in [9.17, 15) is 9.50 Å². The van der Waals surface area contributed by atoms with Crippen LogP contribution in [0.15, 0.2) is 36.4 Å². The first-order valence-electron chi connectivity index (χ1n) is 5.53. The minimum absolute atomic E-state index is 0.0437. The van der Waals surface area contributed by atoms with E-state index in [-0.39, 0.29) is 11.6 Å². The van der Waals surface area contributed by atoms with Crippen LogP contribution in [0.2, 0.25) is 5.02 Å². The summed E-state index contributed by atoms with van der Waals surface area (Å²) in [6, 6.07) is 9.81. The summed E-state index contributed by atoms with van der Waals surface area (Å²) in [5.74, 6) is -0.243. The third-order valence-electron chi connectivity index (χ3n) is 2.62. The number of aromatic hydroxyl groups is 1. The van der Waals surface area contributed by atoms with Crippen molar-refractivity contribution in [3.8, 4) is 5.75 Å². The van der Waals surface area contributed by atoms with E-state index in [1.165, 1.54) is 12.1 Å². The van der Waals surface area contributed by atoms with Crippen LogP contribution < -0.4 is 5.32 Å². The summed E-state index contributed by atoms with van der Waals surface area (Å²) in [5.41, 5.74) is 2.32. The average molecular weight is 266 g/mol. The standard InChI is InChI=1S/C14H13ClFNO/c1-9-2-4-12(16)13(6-9)17-8-10-3-5-14(18)11(15)7-10/h2-7,17-18H,8H2,1H3. The molecule has 94 valence electrons. The molecule has 0 fully saturated rings. The van der Waals surface area contributed by atoms with Crippen LogP contribution in [0.1, 0.15) is 11.1 Å². The highest BCUT2D eigenvalue weighted by Gasteiger charge is 2.03. The zero-order valence-electron chi connectivity index (χ0n) is 9.87. The van der Waals surface area contributed by atoms with Gasteiger partial charge in [0.1, 0.15) is 11.6 Å². The van der Waals surface area contributed by atoms with Crippen molar-refractivity contribution in [3.63, 3.8) is 0 Å². The van der Waals surface area contributed by atoms with Gasteiger partial charge in [-0.1, -0.05) is 23.7 Å². The molecule has 0 aliphatic heterocycles. The molecule has 0 amide bonds. The van der Waals surface area contributed by atoms with Crippen LogP contribution in [0.5, 0.6) is 5.75 Å². The van der Waals surface area contributed by atoms with Gasteiger partial charge in [0, 0.05) is 6.54 Å². The number of halogens is 2. The highest BCUT2D eigenvalue weighted by molar-refractivity contribution is 6.32. The Labute approximate surface area is 110 Å². The van der Waals surface area contributed by atoms with Crippen LogP contribution in [0.3, 0.4) is 0 Å². The summed E-state index contributed by atoms with van der Waals surface area (Å²) in [5, 5.41) is 12.6. The predicted molar refractivity (Wildman–Crippen MR) is 71.6 cm³/mol. The minimum atomic E-state index is -0.287. The Bertz CT molecular complexity index is 572. The number of nitrogens with one attached hydrogen (secondary N) is 1. The number of hydrogen-bond acceptors (Lipinski definition) is 2. The van der Waals surface area contributed by atoms with E-state index in [2.05, 4.69) is 5.32 Å². The van der Waals surface area contributed by atoms with Crippen LogP contribution >= 0.6 is 11.6 Å². The number of phenolic OH excluding ortho intramolecular Hbond substituents is 1. The van der Waals surface area contributed by atoms with Crippen molar-refractivity contribution in [1.29, 1.82) is 0 Å². The van der Waals surface area contributed by atoms with Crippen molar-refractivity contribution < 1.29 is 9.50 Å². The van der Waals surface area contributed by atoms with E-state index < -0.39 is 0 Å². The Hall–Kier alpha value is -1.74. The average Bonchev–Trinajstić information content (AvgIpc) is 2.34. The molecule has 4 heteroatoms. The second kappa shape index (κ2) is 5.27. The summed E-state index contributed by atoms with van der Waals surface area (Å²) in [7, 11) is 0. The van der Waals surface area contributed by atoms with E-state index in [0.717, 1.165) is 11.1 Å². The van der Waals surface area contributed by atoms with Crippen molar-refractivity contribution in [2.75, 3.05) is 5.32 Å². The van der Waals surface area contributed by atoms with Crippen LogP contribution in [0.25, 0.3) is 0 Å². The van der Waals surface area contributed by atoms with Gasteiger partial charge in [-0.3, -0.25) is 0 Å². The molecule has 18 heavy (non-hydrogen) atoms. The van der Waals surface area contributed by atoms with Crippen LogP contribution in [-0.2, 0) is 6.54 Å². The summed E-state index contributed by atoms with van der Waals surface area (Å²) in [6.07, 6.45) is 0. The fourth-order valence-corrected chi connectivity index (χ4v) is 1.84. The Morgan fingerprint density at radius 2 is 2.00 bits per heavy atom. The molecule has 2 N–H and O–H groups in total. The number of hydrogen-bond donors (Lipinski definition) is 2. The second-order valence-corrected chi connectivity index (χ2v) is 4.53. The summed E-state index contributed by atoms with van der Waals surface area (Å²) in [6.45, 7) is 2.35. The monoisotopic (exact) mass is 265 g/mol. The van der Waals surface area contributed by atoms with Gasteiger partial charge in [-0.05, 0) is 42.3 Å². The molecule has 0 atom stereocenters. The van der Waals surface area contributed by atoms with Crippen LogP contribution in [-0.4, -0.2) is 5.11 Å². The molecule has 0 bridgehead atoms. The lowest BCUT2D eigenvalue weighted by atomic mass is 10.2. The maximum absolute atomic E-state index is 13.5. The van der Waals surface area contributed by atoms with E-state index in [4.69, 9.17) is 11.6 Å². The third kappa shape index (κ3) is 2.93. The minimum Gasteiger partial charge on any atom is -0.506 e. The van der Waals surface area contributed by atoms with Gasteiger partial charge in [-0.2, -0.15) is 0 Å². The fraction of sp³-hybridized carbons (Fsp3) is 0.143. The van der Waals surface area contributed by atoms with Gasteiger partial charge in [-0.15, -0.1) is 0 Å². The zero-order valence-corrected chi connectivity index (χ0v) is 10.6. The summed E-state index contributed by atoms with van der Waals surface area (Å²) < 4.78 is 13.5. The molecule has 0 saturated heterocycles. The topological polar surface area (TPSA) is 32.3 Å². The zero-order chi connectivity index (χ0) is 13.1. The lowest BCUT2D eigenvalue weighted by molar-refractivity contribution is 0.475. The summed E-state index contributed by atoms with van der Waals surface area (Å²) in [4.78, 5) is 0. The SMILES string of the molecule is Cc1ccc(F)c(NCc2ccc(O)c(Cl)c2)c1. The largest absolute Gasteiger partial charge is 0.506 e. The van der Waals surface area contributed by atoms with Gasteiger partial charge in [0.15, 0.2) is 0 Å². The molecule has 2 aromatic rings. The number of anilines is 1. The first kappa shape index (κ1) is 12.7. The van der Waals surface area contributed by atoms with Gasteiger partial charge in [0.25, 0.3) is 0 Å². The van der Waals surface area contributed by atoms with Crippen molar-refractivity contribution in [3.05, 3.63) is 58.4 Å². The van der Waals surface area contributed by atoms with Gasteiger partial charge >= 0.3 is 0 Å². The molecule has 0 aliphatic rings. The number of aryl methyl sites for hydroxylation is 1. The van der Waals surface area contributed by atoms with Gasteiger partial charge < -0.3 is 10.4 Å². The van der Waals surface area contributed by atoms with Gasteiger partial charge in [0.2, 0.25) is 0 Å². The van der Waals surface area contributed by atoms with Crippen molar-refractivity contribution in [1.82, 2.24) is 0 Å². The van der Waals surface area contributed by atoms with Gasteiger partial charge in [0.05, 0.1) is 10.7 Å². The maximum Gasteiger partial charge on any atom is 0.146 e. The molecular weight excluding hydrogens is 253 g/mol. The molecule has 0 aliphatic carbocycles. The van der Waals surface area contributed by atoms with E-state index in [1.54, 1.807) is 24.3 Å². The quantitative estimate of drug-likeness (QED) is 0.875. The van der Waals surface area contributed by atoms with Crippen LogP contribution in [0, 0.1) is 12.7 Å². The molecule has 0 heterocycles. The lowest BCUT2D eigenvalue weighted by Crippen LogP contribution is -2.01. The maximum atomic E-state index is 13.5. The van der Waals surface area contributed by atoms with Crippen molar-refractivity contribution in [2.45, 2.75) is 13.5 Å². The highest BCUT2D eigenvalue weighted by atomic mass is 35.5. The predicted octanol–water partition coefficient (Wildman–Crippen LogP) is 4.11. The molecule has 0 aromatic heterocycles. The lowest BCUT2D eigenvalue weighted by Gasteiger charge is -2.09. The molecule has 0 unspecified atom stereocenters. The Kier molecular flexibility index (Phi) is 3.72. The second-order valence-electron chi connectivity index (χ2n) is 4.12. The molecule has 0 spiro atoms. The number of phenols is 1. The van der Waals surface area contributed by atoms with Crippen molar-refractivity contribution in [2.24, 2.45) is 0 Å².